The first-order chi connectivity index (χ1) is 13.4. The first-order valence-electron chi connectivity index (χ1n) is 9.54. The van der Waals surface area contributed by atoms with Crippen LogP contribution in [-0.4, -0.2) is 70.0 Å². The highest BCUT2D eigenvalue weighted by atomic mass is 35.5. The minimum atomic E-state index is -0.0165. The Morgan fingerprint density at radius 2 is 2.00 bits per heavy atom. The predicted octanol–water partition coefficient (Wildman–Crippen LogP) is 2.87. The van der Waals surface area contributed by atoms with Crippen LogP contribution < -0.4 is 10.6 Å². The number of hydrogen-bond acceptors (Lipinski definition) is 4. The maximum Gasteiger partial charge on any atom is 0.243 e. The molecule has 0 atom stereocenters. The summed E-state index contributed by atoms with van der Waals surface area (Å²) in [5.74, 6) is 1.56. The van der Waals surface area contributed by atoms with Crippen molar-refractivity contribution in [2.45, 2.75) is 24.2 Å². The molecule has 8 heteroatoms. The van der Waals surface area contributed by atoms with Crippen LogP contribution in [0.25, 0.3) is 0 Å². The van der Waals surface area contributed by atoms with Crippen molar-refractivity contribution in [3.63, 3.8) is 0 Å². The molecule has 0 spiro atoms. The zero-order chi connectivity index (χ0) is 20.4. The third-order valence-corrected chi connectivity index (χ3v) is 6.04. The molecule has 0 unspecified atom stereocenters. The van der Waals surface area contributed by atoms with Gasteiger partial charge >= 0.3 is 0 Å². The van der Waals surface area contributed by atoms with Gasteiger partial charge in [0.2, 0.25) is 5.91 Å². The van der Waals surface area contributed by atoms with Crippen LogP contribution >= 0.6 is 23.4 Å². The lowest BCUT2D eigenvalue weighted by atomic mass is 10.0. The lowest BCUT2D eigenvalue weighted by Crippen LogP contribution is -2.42. The van der Waals surface area contributed by atoms with E-state index in [4.69, 9.17) is 16.3 Å². The zero-order valence-electron chi connectivity index (χ0n) is 17.0. The van der Waals surface area contributed by atoms with Gasteiger partial charge in [0.05, 0.1) is 0 Å². The lowest BCUT2D eigenvalue weighted by molar-refractivity contribution is -0.127. The number of methoxy groups -OCH3 is 1. The number of guanidine groups is 1. The van der Waals surface area contributed by atoms with Crippen molar-refractivity contribution >= 4 is 35.2 Å². The molecule has 0 saturated heterocycles. The number of aliphatic imine (C=N–C) groups is 1. The summed E-state index contributed by atoms with van der Waals surface area (Å²) in [6.45, 7) is 2.51. The van der Waals surface area contributed by atoms with Gasteiger partial charge in [-0.05, 0) is 48.9 Å². The van der Waals surface area contributed by atoms with Gasteiger partial charge in [-0.1, -0.05) is 11.6 Å². The summed E-state index contributed by atoms with van der Waals surface area (Å²) in [6, 6.07) is 7.83. The monoisotopic (exact) mass is 426 g/mol. The Bertz CT molecular complexity index is 648. The second-order valence-corrected chi connectivity index (χ2v) is 8.88. The zero-order valence-corrected chi connectivity index (χ0v) is 18.5. The maximum atomic E-state index is 11.9. The van der Waals surface area contributed by atoms with Gasteiger partial charge in [0, 0.05) is 56.6 Å². The van der Waals surface area contributed by atoms with Gasteiger partial charge in [0.25, 0.3) is 0 Å². The number of carbonyl (C=O) groups excluding carboxylic acids is 1. The maximum absolute atomic E-state index is 11.9. The third kappa shape index (κ3) is 8.29. The van der Waals surface area contributed by atoms with Gasteiger partial charge < -0.3 is 20.3 Å². The molecule has 0 aromatic heterocycles. The van der Waals surface area contributed by atoms with Crippen LogP contribution in [0.4, 0.5) is 0 Å². The summed E-state index contributed by atoms with van der Waals surface area (Å²) < 4.78 is 5.22. The second-order valence-electron chi connectivity index (χ2n) is 7.28. The lowest BCUT2D eigenvalue weighted by Gasteiger charge is -2.19. The van der Waals surface area contributed by atoms with Crippen molar-refractivity contribution in [3.05, 3.63) is 29.3 Å². The third-order valence-electron chi connectivity index (χ3n) is 4.77. The number of nitrogens with zero attached hydrogens (tertiary/aromatic N) is 2. The predicted molar refractivity (Wildman–Crippen MR) is 117 cm³/mol. The number of hydrogen-bond donors (Lipinski definition) is 2. The van der Waals surface area contributed by atoms with E-state index in [1.54, 1.807) is 37.9 Å². The van der Waals surface area contributed by atoms with Gasteiger partial charge in [-0.2, -0.15) is 0 Å². The number of benzene rings is 1. The largest absolute Gasteiger partial charge is 0.385 e. The number of ether oxygens (including phenoxy) is 1. The fraction of sp³-hybridized carbons (Fsp3) is 0.600. The molecular weight excluding hydrogens is 396 g/mol. The smallest absolute Gasteiger partial charge is 0.243 e. The highest BCUT2D eigenvalue weighted by Crippen LogP contribution is 2.48. The van der Waals surface area contributed by atoms with Crippen LogP contribution in [0.3, 0.4) is 0 Å². The van der Waals surface area contributed by atoms with Crippen LogP contribution in [-0.2, 0) is 9.53 Å². The first-order valence-corrected chi connectivity index (χ1v) is 10.9. The van der Waals surface area contributed by atoms with Gasteiger partial charge in [0.1, 0.15) is 6.54 Å². The number of halogens is 1. The van der Waals surface area contributed by atoms with E-state index in [1.165, 1.54) is 17.7 Å². The van der Waals surface area contributed by atoms with Crippen LogP contribution in [0.5, 0.6) is 0 Å². The van der Waals surface area contributed by atoms with Crippen molar-refractivity contribution in [1.82, 2.24) is 15.5 Å². The van der Waals surface area contributed by atoms with Crippen LogP contribution in [0.1, 0.15) is 19.3 Å². The molecule has 2 N–H and O–H groups in total. The Labute approximate surface area is 177 Å². The van der Waals surface area contributed by atoms with Crippen molar-refractivity contribution in [1.29, 1.82) is 0 Å². The fourth-order valence-corrected chi connectivity index (χ4v) is 3.51. The number of rotatable bonds is 11. The standard InChI is InChI=1S/C20H31ClN4O2S/c1-25(2)18(26)14-23-19(24-15-20(8-9-20)10-12-27-3)22-11-13-28-17-6-4-16(21)5-7-17/h4-7H,8-15H2,1-3H3,(H2,22,23,24). The first kappa shape index (κ1) is 22.8. The van der Waals surface area contributed by atoms with Crippen molar-refractivity contribution in [3.8, 4) is 0 Å². The fourth-order valence-electron chi connectivity index (χ4n) is 2.61. The summed E-state index contributed by atoms with van der Waals surface area (Å²) in [7, 11) is 5.22. The van der Waals surface area contributed by atoms with Crippen molar-refractivity contribution in [2.24, 2.45) is 10.4 Å². The average molecular weight is 427 g/mol. The minimum absolute atomic E-state index is 0.0165. The average Bonchev–Trinajstić information content (AvgIpc) is 3.46. The Morgan fingerprint density at radius 1 is 1.29 bits per heavy atom. The molecule has 1 amide bonds. The molecule has 0 radical (unpaired) electrons. The van der Waals surface area contributed by atoms with E-state index >= 15 is 0 Å². The number of thioether (sulfide) groups is 1. The number of carbonyl (C=O) groups is 1. The number of nitrogens with one attached hydrogen (secondary N) is 2. The molecule has 1 aliphatic carbocycles. The van der Waals surface area contributed by atoms with E-state index in [9.17, 15) is 4.79 Å². The van der Waals surface area contributed by atoms with E-state index in [0.29, 0.717) is 11.4 Å². The quantitative estimate of drug-likeness (QED) is 0.246. The van der Waals surface area contributed by atoms with E-state index in [-0.39, 0.29) is 12.5 Å². The summed E-state index contributed by atoms with van der Waals surface area (Å²) in [6.07, 6.45) is 3.46. The molecule has 156 valence electrons. The van der Waals surface area contributed by atoms with E-state index in [0.717, 1.165) is 36.9 Å². The molecular formula is C20H31ClN4O2S. The Balaban J connectivity index is 1.82. The Kier molecular flexibility index (Phi) is 9.41. The molecule has 28 heavy (non-hydrogen) atoms. The van der Waals surface area contributed by atoms with Crippen LogP contribution in [0.15, 0.2) is 34.2 Å². The molecule has 1 aromatic rings. The molecule has 0 bridgehead atoms. The number of likely N-dealkylation sites (N-methyl/N-ethyl adjacent to an activating group) is 1. The highest BCUT2D eigenvalue weighted by Gasteiger charge is 2.41. The molecule has 2 rings (SSSR count). The Hall–Kier alpha value is -1.44. The second kappa shape index (κ2) is 11.5. The summed E-state index contributed by atoms with van der Waals surface area (Å²) in [4.78, 5) is 19.1. The molecule has 1 fully saturated rings. The van der Waals surface area contributed by atoms with Crippen LogP contribution in [0.2, 0.25) is 5.02 Å². The van der Waals surface area contributed by atoms with E-state index < -0.39 is 0 Å². The van der Waals surface area contributed by atoms with E-state index in [1.807, 2.05) is 24.3 Å². The SMILES string of the molecule is COCCC1(CNC(=NCC(=O)N(C)C)NCCSc2ccc(Cl)cc2)CC1. The summed E-state index contributed by atoms with van der Waals surface area (Å²) in [5.41, 5.74) is 0.308. The Morgan fingerprint density at radius 3 is 2.61 bits per heavy atom. The summed E-state index contributed by atoms with van der Waals surface area (Å²) in [5, 5.41) is 7.50. The van der Waals surface area contributed by atoms with E-state index in [2.05, 4.69) is 15.6 Å². The van der Waals surface area contributed by atoms with Crippen molar-refractivity contribution in [2.75, 3.05) is 53.2 Å². The molecule has 1 aliphatic rings. The molecule has 1 saturated carbocycles. The highest BCUT2D eigenvalue weighted by molar-refractivity contribution is 7.99. The van der Waals surface area contributed by atoms with Crippen molar-refractivity contribution < 1.29 is 9.53 Å². The number of amides is 1. The van der Waals surface area contributed by atoms with Gasteiger partial charge in [-0.15, -0.1) is 11.8 Å². The summed E-state index contributed by atoms with van der Waals surface area (Å²) >= 11 is 7.67. The van der Waals surface area contributed by atoms with Gasteiger partial charge in [0.15, 0.2) is 5.96 Å². The molecule has 0 aliphatic heterocycles. The van der Waals surface area contributed by atoms with Gasteiger partial charge in [-0.3, -0.25) is 4.79 Å². The molecule has 6 nitrogen and oxygen atoms in total. The topological polar surface area (TPSA) is 66.0 Å². The minimum Gasteiger partial charge on any atom is -0.385 e. The van der Waals surface area contributed by atoms with Gasteiger partial charge in [-0.25, -0.2) is 4.99 Å². The van der Waals surface area contributed by atoms with Crippen LogP contribution in [0, 0.1) is 5.41 Å². The molecule has 0 heterocycles. The normalized spacial score (nSPS) is 15.2. The molecule has 1 aromatic carbocycles.